The van der Waals surface area contributed by atoms with Crippen molar-refractivity contribution < 1.29 is 5.11 Å². The van der Waals surface area contributed by atoms with Crippen LogP contribution in [0.15, 0.2) is 48.5 Å². The van der Waals surface area contributed by atoms with Crippen LogP contribution in [0.5, 0.6) is 5.75 Å². The number of aromatic hydroxyl groups is 1. The van der Waals surface area contributed by atoms with Crippen molar-refractivity contribution in [2.45, 2.75) is 19.3 Å². The maximum atomic E-state index is 9.34. The van der Waals surface area contributed by atoms with E-state index in [4.69, 9.17) is 6.42 Å². The first-order valence-electron chi connectivity index (χ1n) is 5.91. The molecule has 18 heavy (non-hydrogen) atoms. The van der Waals surface area contributed by atoms with Gasteiger partial charge < -0.3 is 5.11 Å². The van der Waals surface area contributed by atoms with Crippen molar-refractivity contribution in [3.8, 4) is 18.1 Å². The summed E-state index contributed by atoms with van der Waals surface area (Å²) in [6, 6.07) is 15.4. The summed E-state index contributed by atoms with van der Waals surface area (Å²) in [6.45, 7) is 4.31. The molecular weight excluding hydrogens is 220 g/mol. The number of benzene rings is 2. The second-order valence-electron chi connectivity index (χ2n) is 4.89. The molecule has 0 aliphatic heterocycles. The minimum absolute atomic E-state index is 0.110. The molecule has 0 unspecified atom stereocenters. The van der Waals surface area contributed by atoms with Crippen molar-refractivity contribution in [3.05, 3.63) is 65.2 Å². The molecule has 0 aromatic heterocycles. The summed E-state index contributed by atoms with van der Waals surface area (Å²) in [7, 11) is 0. The van der Waals surface area contributed by atoms with Gasteiger partial charge in [0.1, 0.15) is 5.75 Å². The quantitative estimate of drug-likeness (QED) is 0.788. The summed E-state index contributed by atoms with van der Waals surface area (Å²) in [5.74, 6) is 2.91. The van der Waals surface area contributed by atoms with E-state index in [0.29, 0.717) is 0 Å². The molecule has 0 spiro atoms. The number of phenols is 1. The Kier molecular flexibility index (Phi) is 3.12. The molecule has 0 amide bonds. The fourth-order valence-corrected chi connectivity index (χ4v) is 2.03. The first-order chi connectivity index (χ1) is 8.54. The second-order valence-corrected chi connectivity index (χ2v) is 4.89. The number of terminal acetylenes is 1. The molecule has 1 N–H and O–H groups in total. The fourth-order valence-electron chi connectivity index (χ4n) is 2.03. The van der Waals surface area contributed by atoms with Crippen molar-refractivity contribution in [1.29, 1.82) is 0 Å². The van der Waals surface area contributed by atoms with Crippen LogP contribution in [0.2, 0.25) is 0 Å². The van der Waals surface area contributed by atoms with E-state index < -0.39 is 0 Å². The Morgan fingerprint density at radius 1 is 0.889 bits per heavy atom. The van der Waals surface area contributed by atoms with Crippen LogP contribution < -0.4 is 0 Å². The summed E-state index contributed by atoms with van der Waals surface area (Å²) >= 11 is 0. The lowest BCUT2D eigenvalue weighted by molar-refractivity contribution is 0.474. The summed E-state index contributed by atoms with van der Waals surface area (Å²) < 4.78 is 0. The molecule has 2 aromatic carbocycles. The Labute approximate surface area is 108 Å². The largest absolute Gasteiger partial charge is 0.508 e. The lowest BCUT2D eigenvalue weighted by Crippen LogP contribution is -2.18. The molecule has 0 fully saturated rings. The van der Waals surface area contributed by atoms with E-state index in [0.717, 1.165) is 11.1 Å². The molecule has 0 radical (unpaired) electrons. The molecule has 0 aliphatic carbocycles. The molecule has 2 aromatic rings. The average Bonchev–Trinajstić information content (AvgIpc) is 2.39. The summed E-state index contributed by atoms with van der Waals surface area (Å²) in [6.07, 6.45) is 5.36. The Morgan fingerprint density at radius 2 is 1.33 bits per heavy atom. The predicted molar refractivity (Wildman–Crippen MR) is 74.6 cm³/mol. The van der Waals surface area contributed by atoms with Crippen LogP contribution in [0.3, 0.4) is 0 Å². The minimum atomic E-state index is -0.110. The standard InChI is InChI=1S/C17H16O/c1-4-13-5-7-14(8-6-13)17(2,3)15-9-11-16(18)12-10-15/h1,5-12,18H,2-3H3. The zero-order valence-corrected chi connectivity index (χ0v) is 10.6. The molecule has 0 atom stereocenters. The molecule has 90 valence electrons. The van der Waals surface area contributed by atoms with Crippen LogP contribution in [0, 0.1) is 12.3 Å². The van der Waals surface area contributed by atoms with E-state index in [1.807, 2.05) is 24.3 Å². The van der Waals surface area contributed by atoms with E-state index in [9.17, 15) is 5.11 Å². The van der Waals surface area contributed by atoms with E-state index in [2.05, 4.69) is 31.9 Å². The number of hydrogen-bond donors (Lipinski definition) is 1. The molecule has 2 rings (SSSR count). The first-order valence-corrected chi connectivity index (χ1v) is 5.91. The van der Waals surface area contributed by atoms with Gasteiger partial charge in [-0.05, 0) is 35.4 Å². The van der Waals surface area contributed by atoms with Crippen LogP contribution in [-0.4, -0.2) is 5.11 Å². The van der Waals surface area contributed by atoms with Gasteiger partial charge in [-0.1, -0.05) is 44.0 Å². The fraction of sp³-hybridized carbons (Fsp3) is 0.176. The number of phenolic OH excluding ortho intramolecular Hbond substituents is 1. The molecule has 1 nitrogen and oxygen atoms in total. The van der Waals surface area contributed by atoms with E-state index in [1.54, 1.807) is 12.1 Å². The van der Waals surface area contributed by atoms with Crippen LogP contribution in [0.1, 0.15) is 30.5 Å². The van der Waals surface area contributed by atoms with Gasteiger partial charge in [-0.15, -0.1) is 6.42 Å². The average molecular weight is 236 g/mol. The number of hydrogen-bond acceptors (Lipinski definition) is 1. The Balaban J connectivity index is 2.40. The zero-order valence-electron chi connectivity index (χ0n) is 10.6. The van der Waals surface area contributed by atoms with Gasteiger partial charge >= 0.3 is 0 Å². The van der Waals surface area contributed by atoms with E-state index >= 15 is 0 Å². The van der Waals surface area contributed by atoms with Crippen molar-refractivity contribution in [3.63, 3.8) is 0 Å². The summed E-state index contributed by atoms with van der Waals surface area (Å²) in [5.41, 5.74) is 3.14. The van der Waals surface area contributed by atoms with Gasteiger partial charge in [0.05, 0.1) is 0 Å². The molecule has 1 heteroatoms. The molecule has 0 aliphatic rings. The first kappa shape index (κ1) is 12.3. The third-order valence-corrected chi connectivity index (χ3v) is 3.36. The van der Waals surface area contributed by atoms with Crippen molar-refractivity contribution >= 4 is 0 Å². The maximum Gasteiger partial charge on any atom is 0.115 e. The SMILES string of the molecule is C#Cc1ccc(C(C)(C)c2ccc(O)cc2)cc1. The molecule has 0 saturated carbocycles. The van der Waals surface area contributed by atoms with Crippen LogP contribution in [0.4, 0.5) is 0 Å². The Hall–Kier alpha value is -2.20. The van der Waals surface area contributed by atoms with Gasteiger partial charge in [-0.25, -0.2) is 0 Å². The van der Waals surface area contributed by atoms with Gasteiger partial charge in [-0.2, -0.15) is 0 Å². The monoisotopic (exact) mass is 236 g/mol. The van der Waals surface area contributed by atoms with Crippen LogP contribution in [0.25, 0.3) is 0 Å². The normalized spacial score (nSPS) is 10.9. The molecule has 0 heterocycles. The lowest BCUT2D eigenvalue weighted by Gasteiger charge is -2.26. The highest BCUT2D eigenvalue weighted by Gasteiger charge is 2.22. The van der Waals surface area contributed by atoms with E-state index in [1.165, 1.54) is 5.56 Å². The zero-order chi connectivity index (χ0) is 13.2. The van der Waals surface area contributed by atoms with Crippen molar-refractivity contribution in [2.24, 2.45) is 0 Å². The van der Waals surface area contributed by atoms with Crippen LogP contribution >= 0.6 is 0 Å². The minimum Gasteiger partial charge on any atom is -0.508 e. The summed E-state index contributed by atoms with van der Waals surface area (Å²) in [4.78, 5) is 0. The molecule has 0 saturated heterocycles. The third kappa shape index (κ3) is 2.24. The van der Waals surface area contributed by atoms with Gasteiger partial charge in [0.25, 0.3) is 0 Å². The van der Waals surface area contributed by atoms with Gasteiger partial charge in [0.15, 0.2) is 0 Å². The highest BCUT2D eigenvalue weighted by Crippen LogP contribution is 2.32. The highest BCUT2D eigenvalue weighted by atomic mass is 16.3. The van der Waals surface area contributed by atoms with Gasteiger partial charge in [-0.3, -0.25) is 0 Å². The smallest absolute Gasteiger partial charge is 0.115 e. The highest BCUT2D eigenvalue weighted by molar-refractivity contribution is 5.42. The van der Waals surface area contributed by atoms with Crippen molar-refractivity contribution in [1.82, 2.24) is 0 Å². The van der Waals surface area contributed by atoms with E-state index in [-0.39, 0.29) is 11.2 Å². The Bertz CT molecular complexity index is 569. The molecule has 0 bridgehead atoms. The van der Waals surface area contributed by atoms with Gasteiger partial charge in [0.2, 0.25) is 0 Å². The predicted octanol–water partition coefficient (Wildman–Crippen LogP) is 3.70. The molecular formula is C17H16O. The topological polar surface area (TPSA) is 20.2 Å². The number of rotatable bonds is 2. The Morgan fingerprint density at radius 3 is 1.78 bits per heavy atom. The summed E-state index contributed by atoms with van der Waals surface area (Å²) in [5, 5.41) is 9.34. The van der Waals surface area contributed by atoms with Crippen molar-refractivity contribution in [2.75, 3.05) is 0 Å². The van der Waals surface area contributed by atoms with Gasteiger partial charge in [0, 0.05) is 11.0 Å². The van der Waals surface area contributed by atoms with Crippen LogP contribution in [-0.2, 0) is 5.41 Å². The maximum absolute atomic E-state index is 9.34. The lowest BCUT2D eigenvalue weighted by atomic mass is 9.78. The third-order valence-electron chi connectivity index (χ3n) is 3.36. The second kappa shape index (κ2) is 4.58.